The molecule has 140 valence electrons. The van der Waals surface area contributed by atoms with E-state index in [-0.39, 0.29) is 6.04 Å². The van der Waals surface area contributed by atoms with Gasteiger partial charge in [0.05, 0.1) is 22.3 Å². The average Bonchev–Trinajstić information content (AvgIpc) is 3.37. The molecule has 0 aliphatic carbocycles. The van der Waals surface area contributed by atoms with Gasteiger partial charge >= 0.3 is 0 Å². The summed E-state index contributed by atoms with van der Waals surface area (Å²) in [7, 11) is 1.95. The number of pyridine rings is 1. The van der Waals surface area contributed by atoms with Crippen LogP contribution >= 0.6 is 11.3 Å². The van der Waals surface area contributed by atoms with Crippen molar-refractivity contribution in [2.45, 2.75) is 39.7 Å². The van der Waals surface area contributed by atoms with Crippen molar-refractivity contribution in [2.75, 3.05) is 7.05 Å². The molecule has 0 saturated heterocycles. The molecule has 4 rings (SSSR count). The summed E-state index contributed by atoms with van der Waals surface area (Å²) >= 11 is 1.69. The van der Waals surface area contributed by atoms with Gasteiger partial charge in [0.2, 0.25) is 0 Å². The summed E-state index contributed by atoms with van der Waals surface area (Å²) in [6.45, 7) is 8.54. The Morgan fingerprint density at radius 2 is 2.04 bits per heavy atom. The van der Waals surface area contributed by atoms with Crippen molar-refractivity contribution in [3.05, 3.63) is 40.9 Å². The van der Waals surface area contributed by atoms with Crippen LogP contribution in [0.15, 0.2) is 24.8 Å². The van der Waals surface area contributed by atoms with Gasteiger partial charge in [-0.3, -0.25) is 5.10 Å². The molecular formula is C19H23N7S. The van der Waals surface area contributed by atoms with Gasteiger partial charge in [0.15, 0.2) is 5.65 Å². The molecule has 0 fully saturated rings. The maximum atomic E-state index is 4.67. The van der Waals surface area contributed by atoms with Gasteiger partial charge in [-0.2, -0.15) is 10.2 Å². The summed E-state index contributed by atoms with van der Waals surface area (Å²) in [5, 5.41) is 16.5. The molecule has 7 nitrogen and oxygen atoms in total. The van der Waals surface area contributed by atoms with E-state index in [1.165, 1.54) is 5.56 Å². The number of thiazole rings is 1. The van der Waals surface area contributed by atoms with Crippen LogP contribution in [0, 0.1) is 6.92 Å². The molecule has 0 bridgehead atoms. The van der Waals surface area contributed by atoms with Gasteiger partial charge in [0.1, 0.15) is 11.3 Å². The van der Waals surface area contributed by atoms with Gasteiger partial charge in [-0.1, -0.05) is 13.8 Å². The van der Waals surface area contributed by atoms with Crippen LogP contribution in [0.4, 0.5) is 0 Å². The second-order valence-electron chi connectivity index (χ2n) is 7.03. The fraction of sp³-hybridized carbons (Fsp3) is 0.368. The maximum absolute atomic E-state index is 4.67. The summed E-state index contributed by atoms with van der Waals surface area (Å²) < 4.78 is 1.81. The van der Waals surface area contributed by atoms with E-state index in [4.69, 9.17) is 0 Å². The minimum Gasteiger partial charge on any atom is -0.311 e. The lowest BCUT2D eigenvalue weighted by Gasteiger charge is -2.10. The fourth-order valence-corrected chi connectivity index (χ4v) is 4.26. The maximum Gasteiger partial charge on any atom is 0.158 e. The number of rotatable bonds is 5. The molecule has 0 aliphatic heterocycles. The Balaban J connectivity index is 1.84. The van der Waals surface area contributed by atoms with E-state index in [0.29, 0.717) is 5.92 Å². The number of hydrogen-bond acceptors (Lipinski definition) is 6. The lowest BCUT2D eigenvalue weighted by molar-refractivity contribution is 0.647. The minimum absolute atomic E-state index is 0.228. The Hall–Kier alpha value is -2.58. The van der Waals surface area contributed by atoms with Gasteiger partial charge < -0.3 is 5.32 Å². The molecule has 2 N–H and O–H groups in total. The van der Waals surface area contributed by atoms with Crippen molar-refractivity contribution in [2.24, 2.45) is 0 Å². The SMILES string of the molecule is CNC(C)c1ncc(-c2[nH]nc(-c3cc(C)c4ncnn4c3)c2C(C)C)s1. The van der Waals surface area contributed by atoms with Gasteiger partial charge in [-0.25, -0.2) is 14.5 Å². The highest BCUT2D eigenvalue weighted by molar-refractivity contribution is 7.15. The highest BCUT2D eigenvalue weighted by Gasteiger charge is 2.22. The standard InChI is InChI=1S/C19H23N7S/c1-10(2)15-16(13-6-11(3)18-22-9-23-26(18)8-13)24-25-17(15)14-7-21-19(27-14)12(4)20-5/h6-10,12,20H,1-5H3,(H,24,25). The van der Waals surface area contributed by atoms with Crippen molar-refractivity contribution in [3.63, 3.8) is 0 Å². The molecular weight excluding hydrogens is 358 g/mol. The summed E-state index contributed by atoms with van der Waals surface area (Å²) in [5.74, 6) is 0.313. The van der Waals surface area contributed by atoms with E-state index < -0.39 is 0 Å². The van der Waals surface area contributed by atoms with E-state index >= 15 is 0 Å². The molecule has 4 heterocycles. The highest BCUT2D eigenvalue weighted by Crippen LogP contribution is 2.38. The molecule has 1 atom stereocenters. The van der Waals surface area contributed by atoms with E-state index in [1.54, 1.807) is 17.7 Å². The second kappa shape index (κ2) is 6.86. The van der Waals surface area contributed by atoms with E-state index in [2.05, 4.69) is 57.4 Å². The van der Waals surface area contributed by atoms with Gasteiger partial charge in [-0.05, 0) is 38.4 Å². The third-order valence-corrected chi connectivity index (χ3v) is 5.98. The molecule has 0 aliphatic rings. The van der Waals surface area contributed by atoms with Gasteiger partial charge in [0.25, 0.3) is 0 Å². The zero-order chi connectivity index (χ0) is 19.1. The van der Waals surface area contributed by atoms with Crippen molar-refractivity contribution >= 4 is 17.0 Å². The molecule has 27 heavy (non-hydrogen) atoms. The third-order valence-electron chi connectivity index (χ3n) is 4.79. The van der Waals surface area contributed by atoms with Crippen LogP contribution in [-0.2, 0) is 0 Å². The molecule has 0 spiro atoms. The zero-order valence-corrected chi connectivity index (χ0v) is 16.9. The van der Waals surface area contributed by atoms with Crippen molar-refractivity contribution in [3.8, 4) is 21.8 Å². The van der Waals surface area contributed by atoms with E-state index in [1.807, 2.05) is 30.9 Å². The number of hydrogen-bond donors (Lipinski definition) is 2. The largest absolute Gasteiger partial charge is 0.311 e. The zero-order valence-electron chi connectivity index (χ0n) is 16.1. The number of H-pyrrole nitrogens is 1. The normalized spacial score (nSPS) is 13.0. The lowest BCUT2D eigenvalue weighted by atomic mass is 9.96. The van der Waals surface area contributed by atoms with E-state index in [9.17, 15) is 0 Å². The van der Waals surface area contributed by atoms with Crippen LogP contribution in [0.25, 0.3) is 27.5 Å². The number of aryl methyl sites for hydroxylation is 1. The molecule has 0 radical (unpaired) electrons. The second-order valence-corrected chi connectivity index (χ2v) is 8.09. The molecule has 4 aromatic rings. The van der Waals surface area contributed by atoms with Crippen molar-refractivity contribution in [1.29, 1.82) is 0 Å². The first kappa shape index (κ1) is 17.8. The van der Waals surface area contributed by atoms with Crippen LogP contribution in [0.2, 0.25) is 0 Å². The molecule has 0 aromatic carbocycles. The number of nitrogens with one attached hydrogen (secondary N) is 2. The smallest absolute Gasteiger partial charge is 0.158 e. The number of fused-ring (bicyclic) bond motifs is 1. The van der Waals surface area contributed by atoms with Gasteiger partial charge in [-0.15, -0.1) is 11.3 Å². The molecule has 0 amide bonds. The van der Waals surface area contributed by atoms with Crippen molar-refractivity contribution < 1.29 is 0 Å². The van der Waals surface area contributed by atoms with Crippen LogP contribution < -0.4 is 5.32 Å². The Labute approximate surface area is 161 Å². The first-order valence-corrected chi connectivity index (χ1v) is 9.83. The van der Waals surface area contributed by atoms with Crippen LogP contribution in [0.3, 0.4) is 0 Å². The summed E-state index contributed by atoms with van der Waals surface area (Å²) in [6.07, 6.45) is 5.50. The molecule has 0 saturated carbocycles. The van der Waals surface area contributed by atoms with Gasteiger partial charge in [0, 0.05) is 23.5 Å². The summed E-state index contributed by atoms with van der Waals surface area (Å²) in [4.78, 5) is 9.99. The number of aromatic amines is 1. The Morgan fingerprint density at radius 3 is 2.78 bits per heavy atom. The predicted molar refractivity (Wildman–Crippen MR) is 108 cm³/mol. The number of nitrogens with zero attached hydrogens (tertiary/aromatic N) is 5. The Morgan fingerprint density at radius 1 is 1.22 bits per heavy atom. The molecule has 8 heteroatoms. The first-order valence-electron chi connectivity index (χ1n) is 9.01. The minimum atomic E-state index is 0.228. The van der Waals surface area contributed by atoms with Crippen LogP contribution in [0.1, 0.15) is 48.9 Å². The Kier molecular flexibility index (Phi) is 4.53. The quantitative estimate of drug-likeness (QED) is 0.547. The lowest BCUT2D eigenvalue weighted by Crippen LogP contribution is -2.11. The van der Waals surface area contributed by atoms with Crippen LogP contribution in [-0.4, -0.2) is 36.8 Å². The average molecular weight is 382 g/mol. The topological polar surface area (TPSA) is 83.8 Å². The van der Waals surface area contributed by atoms with E-state index in [0.717, 1.165) is 38.0 Å². The molecule has 1 unspecified atom stereocenters. The monoisotopic (exact) mass is 381 g/mol. The predicted octanol–water partition coefficient (Wildman–Crippen LogP) is 3.96. The van der Waals surface area contributed by atoms with Crippen LogP contribution in [0.5, 0.6) is 0 Å². The summed E-state index contributed by atoms with van der Waals surface area (Å²) in [5.41, 5.74) is 6.17. The highest BCUT2D eigenvalue weighted by atomic mass is 32.1. The fourth-order valence-electron chi connectivity index (χ4n) is 3.27. The third kappa shape index (κ3) is 3.04. The summed E-state index contributed by atoms with van der Waals surface area (Å²) in [6, 6.07) is 2.35. The first-order chi connectivity index (χ1) is 13.0. The number of aromatic nitrogens is 6. The molecule has 4 aromatic heterocycles. The van der Waals surface area contributed by atoms with Crippen molar-refractivity contribution in [1.82, 2.24) is 35.1 Å². The Bertz CT molecular complexity index is 1090.